The van der Waals surface area contributed by atoms with Crippen molar-refractivity contribution >= 4 is 5.97 Å². The van der Waals surface area contributed by atoms with Gasteiger partial charge in [0, 0.05) is 5.57 Å². The Morgan fingerprint density at radius 2 is 1.75 bits per heavy atom. The van der Waals surface area contributed by atoms with Crippen molar-refractivity contribution in [2.75, 3.05) is 0 Å². The van der Waals surface area contributed by atoms with E-state index in [4.69, 9.17) is 15.3 Å². The van der Waals surface area contributed by atoms with Crippen LogP contribution in [-0.2, 0) is 14.6 Å². The highest BCUT2D eigenvalue weighted by Crippen LogP contribution is 1.99. The van der Waals surface area contributed by atoms with Crippen LogP contribution in [0.25, 0.3) is 0 Å². The summed E-state index contributed by atoms with van der Waals surface area (Å²) in [6, 6.07) is 0. The lowest BCUT2D eigenvalue weighted by molar-refractivity contribution is -0.268. The molecule has 68 valence electrons. The quantitative estimate of drug-likeness (QED) is 0.255. The minimum atomic E-state index is -1.48. The average molecular weight is 176 g/mol. The van der Waals surface area contributed by atoms with Gasteiger partial charge in [-0.3, -0.25) is 0 Å². The van der Waals surface area contributed by atoms with Gasteiger partial charge in [-0.25, -0.2) is 14.6 Å². The van der Waals surface area contributed by atoms with Crippen LogP contribution in [-0.4, -0.2) is 21.3 Å². The standard InChI is InChI=1S/C6H8O6/c1-3(2)5(9)11-12-6(10)4(7)8/h7-8,10H,1H2,2H3. The molecule has 0 spiro atoms. The van der Waals surface area contributed by atoms with E-state index >= 15 is 0 Å². The lowest BCUT2D eigenvalue weighted by atomic mass is 10.4. The lowest BCUT2D eigenvalue weighted by Crippen LogP contribution is -2.06. The van der Waals surface area contributed by atoms with E-state index in [2.05, 4.69) is 16.4 Å². The molecule has 0 amide bonds. The Bertz CT molecular complexity index is 224. The van der Waals surface area contributed by atoms with Crippen molar-refractivity contribution in [3.8, 4) is 0 Å². The Labute approximate surface area is 67.9 Å². The molecule has 0 fully saturated rings. The second kappa shape index (κ2) is 4.12. The monoisotopic (exact) mass is 176 g/mol. The molecule has 0 aliphatic carbocycles. The van der Waals surface area contributed by atoms with Crippen LogP contribution < -0.4 is 0 Å². The van der Waals surface area contributed by atoms with Crippen LogP contribution in [0.15, 0.2) is 24.0 Å². The highest BCUT2D eigenvalue weighted by molar-refractivity contribution is 5.86. The molecular formula is C6H8O6. The second-order valence-corrected chi connectivity index (χ2v) is 1.86. The summed E-state index contributed by atoms with van der Waals surface area (Å²) >= 11 is 0. The molecule has 0 rings (SSSR count). The zero-order chi connectivity index (χ0) is 9.72. The summed E-state index contributed by atoms with van der Waals surface area (Å²) in [5.74, 6) is -3.71. The van der Waals surface area contributed by atoms with Crippen LogP contribution in [0.4, 0.5) is 0 Å². The van der Waals surface area contributed by atoms with Crippen molar-refractivity contribution in [1.29, 1.82) is 0 Å². The maximum absolute atomic E-state index is 10.5. The molecule has 6 heteroatoms. The minimum Gasteiger partial charge on any atom is -0.476 e. The fraction of sp³-hybridized carbons (Fsp3) is 0.167. The van der Waals surface area contributed by atoms with E-state index in [0.29, 0.717) is 0 Å². The van der Waals surface area contributed by atoms with Crippen molar-refractivity contribution in [3.05, 3.63) is 24.0 Å². The first-order valence-electron chi connectivity index (χ1n) is 2.80. The predicted octanol–water partition coefficient (Wildman–Crippen LogP) is 0.838. The summed E-state index contributed by atoms with van der Waals surface area (Å²) in [5, 5.41) is 24.6. The van der Waals surface area contributed by atoms with E-state index in [9.17, 15) is 4.79 Å². The van der Waals surface area contributed by atoms with Gasteiger partial charge in [-0.2, -0.15) is 0 Å². The Morgan fingerprint density at radius 1 is 1.25 bits per heavy atom. The van der Waals surface area contributed by atoms with Crippen LogP contribution in [0.5, 0.6) is 0 Å². The van der Waals surface area contributed by atoms with Gasteiger partial charge in [0.2, 0.25) is 0 Å². The molecule has 0 atom stereocenters. The summed E-state index contributed by atoms with van der Waals surface area (Å²) < 4.78 is 0. The van der Waals surface area contributed by atoms with E-state index in [0.717, 1.165) is 0 Å². The molecule has 0 saturated heterocycles. The topological polar surface area (TPSA) is 96.2 Å². The Kier molecular flexibility index (Phi) is 3.48. The number of carbonyl (C=O) groups is 1. The molecule has 0 aromatic heterocycles. The fourth-order valence-electron chi connectivity index (χ4n) is 0.186. The van der Waals surface area contributed by atoms with Crippen molar-refractivity contribution in [3.63, 3.8) is 0 Å². The molecule has 0 aromatic rings. The molecule has 0 unspecified atom stereocenters. The largest absolute Gasteiger partial charge is 0.476 e. The molecule has 0 saturated carbocycles. The molecule has 0 aliphatic heterocycles. The minimum absolute atomic E-state index is 0.0419. The Morgan fingerprint density at radius 3 is 2.08 bits per heavy atom. The van der Waals surface area contributed by atoms with E-state index in [-0.39, 0.29) is 5.57 Å². The van der Waals surface area contributed by atoms with E-state index in [1.165, 1.54) is 6.92 Å². The zero-order valence-electron chi connectivity index (χ0n) is 6.27. The van der Waals surface area contributed by atoms with Gasteiger partial charge in [0.25, 0.3) is 0 Å². The third kappa shape index (κ3) is 3.35. The number of aliphatic hydroxyl groups excluding tert-OH is 2. The first-order valence-corrected chi connectivity index (χ1v) is 2.80. The molecule has 12 heavy (non-hydrogen) atoms. The van der Waals surface area contributed by atoms with E-state index < -0.39 is 17.9 Å². The summed E-state index contributed by atoms with van der Waals surface area (Å²) in [7, 11) is 0. The van der Waals surface area contributed by atoms with Crippen LogP contribution in [0.1, 0.15) is 6.92 Å². The van der Waals surface area contributed by atoms with Crippen molar-refractivity contribution in [2.24, 2.45) is 0 Å². The molecular weight excluding hydrogens is 168 g/mol. The molecule has 6 nitrogen and oxygen atoms in total. The summed E-state index contributed by atoms with van der Waals surface area (Å²) in [5.41, 5.74) is 0.0419. The molecule has 0 heterocycles. The summed E-state index contributed by atoms with van der Waals surface area (Å²) in [6.07, 6.45) is 0. The van der Waals surface area contributed by atoms with Crippen LogP contribution in [0.3, 0.4) is 0 Å². The average Bonchev–Trinajstić information content (AvgIpc) is 1.98. The molecule has 0 aromatic carbocycles. The number of hydrogen-bond acceptors (Lipinski definition) is 6. The predicted molar refractivity (Wildman–Crippen MR) is 36.9 cm³/mol. The Hall–Kier alpha value is -1.85. The number of rotatable bonds is 3. The van der Waals surface area contributed by atoms with Crippen molar-refractivity contribution in [1.82, 2.24) is 0 Å². The second-order valence-electron chi connectivity index (χ2n) is 1.86. The third-order valence-electron chi connectivity index (χ3n) is 0.736. The maximum atomic E-state index is 10.5. The van der Waals surface area contributed by atoms with Gasteiger partial charge in [0.1, 0.15) is 0 Å². The SMILES string of the molecule is C=C(C)C(=O)OOC(O)=C(O)O. The zero-order valence-corrected chi connectivity index (χ0v) is 6.27. The first kappa shape index (κ1) is 10.2. The van der Waals surface area contributed by atoms with E-state index in [1.807, 2.05) is 0 Å². The highest BCUT2D eigenvalue weighted by atomic mass is 17.2. The molecule has 3 N–H and O–H groups in total. The number of carbonyl (C=O) groups excluding carboxylic acids is 1. The fourth-order valence-corrected chi connectivity index (χ4v) is 0.186. The van der Waals surface area contributed by atoms with Gasteiger partial charge >= 0.3 is 17.9 Å². The normalized spacial score (nSPS) is 8.42. The molecule has 0 bridgehead atoms. The lowest BCUT2D eigenvalue weighted by Gasteiger charge is -2.01. The van der Waals surface area contributed by atoms with Crippen LogP contribution >= 0.6 is 0 Å². The molecule has 0 aliphatic rings. The van der Waals surface area contributed by atoms with Gasteiger partial charge in [-0.1, -0.05) is 6.58 Å². The van der Waals surface area contributed by atoms with Crippen LogP contribution in [0, 0.1) is 0 Å². The summed E-state index contributed by atoms with van der Waals surface area (Å²) in [4.78, 5) is 18.1. The van der Waals surface area contributed by atoms with E-state index in [1.54, 1.807) is 0 Å². The van der Waals surface area contributed by atoms with Gasteiger partial charge in [-0.15, -0.1) is 0 Å². The van der Waals surface area contributed by atoms with Crippen molar-refractivity contribution < 1.29 is 29.9 Å². The van der Waals surface area contributed by atoms with Gasteiger partial charge in [0.05, 0.1) is 0 Å². The Balaban J connectivity index is 3.94. The van der Waals surface area contributed by atoms with Crippen LogP contribution in [0.2, 0.25) is 0 Å². The maximum Gasteiger partial charge on any atom is 0.410 e. The number of aliphatic hydroxyl groups is 3. The number of hydrogen-bond donors (Lipinski definition) is 3. The van der Waals surface area contributed by atoms with Gasteiger partial charge in [0.15, 0.2) is 0 Å². The first-order chi connectivity index (χ1) is 5.45. The van der Waals surface area contributed by atoms with Gasteiger partial charge in [-0.05, 0) is 6.92 Å². The summed E-state index contributed by atoms with van der Waals surface area (Å²) in [6.45, 7) is 4.55. The smallest absolute Gasteiger partial charge is 0.410 e. The van der Waals surface area contributed by atoms with Crippen molar-refractivity contribution in [2.45, 2.75) is 6.92 Å². The third-order valence-corrected chi connectivity index (χ3v) is 0.736. The molecule has 0 radical (unpaired) electrons. The van der Waals surface area contributed by atoms with Gasteiger partial charge < -0.3 is 15.3 Å². The highest BCUT2D eigenvalue weighted by Gasteiger charge is 2.09.